The quantitative estimate of drug-likeness (QED) is 0.563. The zero-order valence-corrected chi connectivity index (χ0v) is 8.75. The van der Waals surface area contributed by atoms with Gasteiger partial charge in [0.15, 0.2) is 0 Å². The van der Waals surface area contributed by atoms with Crippen LogP contribution < -0.4 is 0 Å². The van der Waals surface area contributed by atoms with Crippen molar-refractivity contribution in [2.45, 2.75) is 45.1 Å². The fraction of sp³-hybridized carbons (Fsp3) is 0.833. The van der Waals surface area contributed by atoms with Gasteiger partial charge in [0.05, 0.1) is 5.60 Å². The van der Waals surface area contributed by atoms with Crippen LogP contribution in [0.2, 0.25) is 0 Å². The summed E-state index contributed by atoms with van der Waals surface area (Å²) >= 11 is 0. The number of hydrogen-bond donors (Lipinski definition) is 0. The van der Waals surface area contributed by atoms with Gasteiger partial charge in [0.1, 0.15) is 0 Å². The van der Waals surface area contributed by atoms with Gasteiger partial charge in [0.2, 0.25) is 0 Å². The molecule has 0 saturated carbocycles. The van der Waals surface area contributed by atoms with E-state index in [4.69, 9.17) is 4.74 Å². The summed E-state index contributed by atoms with van der Waals surface area (Å²) in [6.07, 6.45) is 9.66. The Morgan fingerprint density at radius 1 is 1.46 bits per heavy atom. The predicted molar refractivity (Wildman–Crippen MR) is 54.6 cm³/mol. The van der Waals surface area contributed by atoms with Crippen LogP contribution in [0.25, 0.3) is 0 Å². The van der Waals surface area contributed by atoms with Crippen LogP contribution in [0.1, 0.15) is 39.5 Å². The lowest BCUT2D eigenvalue weighted by Crippen LogP contribution is -2.33. The van der Waals surface area contributed by atoms with E-state index >= 15 is 0 Å². The molecule has 2 unspecified atom stereocenters. The first-order valence-corrected chi connectivity index (χ1v) is 5.52. The Hall–Kier alpha value is -0.300. The molecule has 1 fully saturated rings. The third kappa shape index (κ3) is 1.80. The molecule has 2 rings (SSSR count). The van der Waals surface area contributed by atoms with E-state index in [9.17, 15) is 0 Å². The van der Waals surface area contributed by atoms with Gasteiger partial charge in [0.25, 0.3) is 0 Å². The molecule has 0 aromatic heterocycles. The summed E-state index contributed by atoms with van der Waals surface area (Å²) in [4.78, 5) is 0. The number of allylic oxidation sites excluding steroid dienone is 1. The van der Waals surface area contributed by atoms with E-state index < -0.39 is 0 Å². The van der Waals surface area contributed by atoms with Gasteiger partial charge in [-0.05, 0) is 37.5 Å². The van der Waals surface area contributed by atoms with Crippen LogP contribution in [-0.2, 0) is 4.74 Å². The van der Waals surface area contributed by atoms with Crippen molar-refractivity contribution >= 4 is 0 Å². The molecule has 1 heterocycles. The maximum Gasteiger partial charge on any atom is 0.0723 e. The molecule has 1 nitrogen and oxygen atoms in total. The van der Waals surface area contributed by atoms with Crippen molar-refractivity contribution in [3.8, 4) is 0 Å². The van der Waals surface area contributed by atoms with Gasteiger partial charge in [-0.2, -0.15) is 0 Å². The molecule has 2 aliphatic rings. The van der Waals surface area contributed by atoms with Crippen molar-refractivity contribution in [3.63, 3.8) is 0 Å². The molecule has 0 N–H and O–H groups in total. The molecular weight excluding hydrogens is 160 g/mol. The second-order valence-corrected chi connectivity index (χ2v) is 4.88. The average Bonchev–Trinajstić information content (AvgIpc) is 2.53. The number of rotatable bonds is 1. The van der Waals surface area contributed by atoms with Gasteiger partial charge in [-0.1, -0.05) is 26.0 Å². The zero-order valence-electron chi connectivity index (χ0n) is 8.75. The van der Waals surface area contributed by atoms with Crippen molar-refractivity contribution in [1.29, 1.82) is 0 Å². The molecule has 74 valence electrons. The van der Waals surface area contributed by atoms with E-state index in [0.717, 1.165) is 24.9 Å². The lowest BCUT2D eigenvalue weighted by Gasteiger charge is -2.35. The zero-order chi connectivity index (χ0) is 9.31. The van der Waals surface area contributed by atoms with Gasteiger partial charge in [-0.15, -0.1) is 0 Å². The minimum atomic E-state index is 0.240. The summed E-state index contributed by atoms with van der Waals surface area (Å²) in [6, 6.07) is 0. The Bertz CT molecular complexity index is 199. The van der Waals surface area contributed by atoms with Crippen LogP contribution >= 0.6 is 0 Å². The lowest BCUT2D eigenvalue weighted by molar-refractivity contribution is -0.0172. The van der Waals surface area contributed by atoms with Gasteiger partial charge >= 0.3 is 0 Å². The molecule has 0 amide bonds. The maximum absolute atomic E-state index is 5.91. The van der Waals surface area contributed by atoms with Crippen molar-refractivity contribution in [2.24, 2.45) is 11.8 Å². The SMILES string of the molecule is CC(C)C1C=CCC2(CCCO2)C1. The summed E-state index contributed by atoms with van der Waals surface area (Å²) < 4.78 is 5.91. The molecule has 0 bridgehead atoms. The lowest BCUT2D eigenvalue weighted by atomic mass is 9.77. The Morgan fingerprint density at radius 2 is 2.31 bits per heavy atom. The predicted octanol–water partition coefficient (Wildman–Crippen LogP) is 3.16. The van der Waals surface area contributed by atoms with E-state index in [-0.39, 0.29) is 5.60 Å². The standard InChI is InChI=1S/C12H20O/c1-10(2)11-5-3-6-12(9-11)7-4-8-13-12/h3,5,10-11H,4,6-9H2,1-2H3. The fourth-order valence-corrected chi connectivity index (χ4v) is 2.57. The van der Waals surface area contributed by atoms with Crippen LogP contribution in [0.3, 0.4) is 0 Å². The van der Waals surface area contributed by atoms with Crippen LogP contribution in [0.4, 0.5) is 0 Å². The molecule has 1 heteroatoms. The van der Waals surface area contributed by atoms with E-state index in [1.165, 1.54) is 19.3 Å². The summed E-state index contributed by atoms with van der Waals surface area (Å²) in [5.74, 6) is 1.50. The highest BCUT2D eigenvalue weighted by Crippen LogP contribution is 2.40. The Morgan fingerprint density at radius 3 is 2.92 bits per heavy atom. The van der Waals surface area contributed by atoms with Crippen LogP contribution in [0.5, 0.6) is 0 Å². The third-order valence-corrected chi connectivity index (χ3v) is 3.52. The normalized spacial score (nSPS) is 39.2. The Kier molecular flexibility index (Phi) is 2.46. The summed E-state index contributed by atoms with van der Waals surface area (Å²) in [5, 5.41) is 0. The van der Waals surface area contributed by atoms with E-state index in [1.54, 1.807) is 0 Å². The summed E-state index contributed by atoms with van der Waals surface area (Å²) in [7, 11) is 0. The molecule has 1 aliphatic heterocycles. The largest absolute Gasteiger partial charge is 0.375 e. The van der Waals surface area contributed by atoms with Crippen molar-refractivity contribution in [1.82, 2.24) is 0 Å². The summed E-state index contributed by atoms with van der Waals surface area (Å²) in [5.41, 5.74) is 0.240. The first-order valence-electron chi connectivity index (χ1n) is 5.52. The molecule has 1 aliphatic carbocycles. The van der Waals surface area contributed by atoms with Gasteiger partial charge in [-0.25, -0.2) is 0 Å². The Labute approximate surface area is 81.2 Å². The van der Waals surface area contributed by atoms with Crippen LogP contribution in [0, 0.1) is 11.8 Å². The minimum Gasteiger partial charge on any atom is -0.375 e. The van der Waals surface area contributed by atoms with Gasteiger partial charge in [-0.3, -0.25) is 0 Å². The van der Waals surface area contributed by atoms with Crippen molar-refractivity contribution in [3.05, 3.63) is 12.2 Å². The molecule has 0 radical (unpaired) electrons. The molecule has 1 saturated heterocycles. The smallest absolute Gasteiger partial charge is 0.0723 e. The molecule has 0 aromatic rings. The number of ether oxygens (including phenoxy) is 1. The topological polar surface area (TPSA) is 9.23 Å². The molecule has 0 aromatic carbocycles. The first kappa shape index (κ1) is 9.26. The average molecular weight is 180 g/mol. The van der Waals surface area contributed by atoms with E-state index in [2.05, 4.69) is 26.0 Å². The van der Waals surface area contributed by atoms with E-state index in [0.29, 0.717) is 0 Å². The van der Waals surface area contributed by atoms with Gasteiger partial charge in [0, 0.05) is 6.61 Å². The molecule has 1 spiro atoms. The van der Waals surface area contributed by atoms with Gasteiger partial charge < -0.3 is 4.74 Å². The fourth-order valence-electron chi connectivity index (χ4n) is 2.57. The van der Waals surface area contributed by atoms with Crippen LogP contribution in [-0.4, -0.2) is 12.2 Å². The highest BCUT2D eigenvalue weighted by atomic mass is 16.5. The number of hydrogen-bond acceptors (Lipinski definition) is 1. The first-order chi connectivity index (χ1) is 6.22. The summed E-state index contributed by atoms with van der Waals surface area (Å²) in [6.45, 7) is 5.60. The van der Waals surface area contributed by atoms with Crippen molar-refractivity contribution < 1.29 is 4.74 Å². The van der Waals surface area contributed by atoms with Crippen LogP contribution in [0.15, 0.2) is 12.2 Å². The third-order valence-electron chi connectivity index (χ3n) is 3.52. The minimum absolute atomic E-state index is 0.240. The second-order valence-electron chi connectivity index (χ2n) is 4.88. The second kappa shape index (κ2) is 3.45. The Balaban J connectivity index is 2.06. The molecule has 13 heavy (non-hydrogen) atoms. The molecule has 2 atom stereocenters. The van der Waals surface area contributed by atoms with Crippen molar-refractivity contribution in [2.75, 3.05) is 6.61 Å². The van der Waals surface area contributed by atoms with E-state index in [1.807, 2.05) is 0 Å². The highest BCUT2D eigenvalue weighted by molar-refractivity contribution is 5.05. The highest BCUT2D eigenvalue weighted by Gasteiger charge is 2.38. The maximum atomic E-state index is 5.91. The molecular formula is C12H20O. The monoisotopic (exact) mass is 180 g/mol.